The number of hydrogen-bond acceptors (Lipinski definition) is 7. The van der Waals surface area contributed by atoms with E-state index in [1.165, 1.54) is 19.4 Å². The number of methoxy groups -OCH3 is 1. The maximum absolute atomic E-state index is 11.7. The Bertz CT molecular complexity index is 1030. The molecule has 0 spiro atoms. The van der Waals surface area contributed by atoms with Crippen LogP contribution in [-0.2, 0) is 4.79 Å². The number of nitro benzene ring substituents is 1. The molecular weight excluding hydrogens is 378 g/mol. The fourth-order valence-electron chi connectivity index (χ4n) is 2.43. The van der Waals surface area contributed by atoms with Gasteiger partial charge in [-0.05, 0) is 36.4 Å². The van der Waals surface area contributed by atoms with E-state index in [9.17, 15) is 14.9 Å². The fraction of sp³-hybridized carbons (Fsp3) is 0.100. The van der Waals surface area contributed by atoms with Crippen molar-refractivity contribution in [3.63, 3.8) is 0 Å². The van der Waals surface area contributed by atoms with Crippen molar-refractivity contribution in [3.8, 4) is 22.8 Å². The lowest BCUT2D eigenvalue weighted by atomic mass is 10.1. The van der Waals surface area contributed by atoms with Crippen molar-refractivity contribution in [1.29, 1.82) is 0 Å². The Balaban J connectivity index is 1.62. The van der Waals surface area contributed by atoms with Gasteiger partial charge in [0.2, 0.25) is 0 Å². The van der Waals surface area contributed by atoms with Crippen molar-refractivity contribution < 1.29 is 23.6 Å². The number of rotatable bonds is 8. The molecule has 29 heavy (non-hydrogen) atoms. The maximum Gasteiger partial charge on any atom is 0.284 e. The average Bonchev–Trinajstić information content (AvgIpc) is 3.21. The van der Waals surface area contributed by atoms with E-state index in [4.69, 9.17) is 13.9 Å². The van der Waals surface area contributed by atoms with Crippen LogP contribution in [0.2, 0.25) is 0 Å². The van der Waals surface area contributed by atoms with Crippen LogP contribution in [-0.4, -0.2) is 30.8 Å². The number of nitrogens with one attached hydrogen (secondary N) is 1. The molecule has 0 aliphatic rings. The molecule has 3 rings (SSSR count). The number of benzene rings is 2. The Morgan fingerprint density at radius 3 is 2.69 bits per heavy atom. The third-order valence-corrected chi connectivity index (χ3v) is 3.79. The first kappa shape index (κ1) is 19.6. The minimum Gasteiger partial charge on any atom is -0.497 e. The van der Waals surface area contributed by atoms with E-state index in [1.807, 2.05) is 6.07 Å². The van der Waals surface area contributed by atoms with Gasteiger partial charge in [-0.1, -0.05) is 18.2 Å². The van der Waals surface area contributed by atoms with Crippen LogP contribution in [0.15, 0.2) is 70.2 Å². The van der Waals surface area contributed by atoms with Crippen molar-refractivity contribution >= 4 is 17.8 Å². The summed E-state index contributed by atoms with van der Waals surface area (Å²) in [6.45, 7) is -0.192. The van der Waals surface area contributed by atoms with Gasteiger partial charge in [0.25, 0.3) is 11.6 Å². The molecular formula is C20H17N3O6. The molecule has 0 aliphatic heterocycles. The number of amides is 1. The number of nitro groups is 1. The van der Waals surface area contributed by atoms with Gasteiger partial charge in [-0.25, -0.2) is 5.43 Å². The summed E-state index contributed by atoms with van der Waals surface area (Å²) in [6, 6.07) is 16.5. The lowest BCUT2D eigenvalue weighted by molar-refractivity contribution is -0.384. The highest BCUT2D eigenvalue weighted by molar-refractivity contribution is 5.82. The zero-order valence-electron chi connectivity index (χ0n) is 15.4. The van der Waals surface area contributed by atoms with E-state index in [1.54, 1.807) is 48.5 Å². The number of carbonyl (C=O) groups is 1. The number of para-hydroxylation sites is 1. The SMILES string of the molecule is COc1ccc(-c2ccc(/C=N\NC(=O)COc3ccccc3)o2)c([N+](=O)[O-])c1. The van der Waals surface area contributed by atoms with Crippen LogP contribution < -0.4 is 14.9 Å². The fourth-order valence-corrected chi connectivity index (χ4v) is 2.43. The molecule has 1 N–H and O–H groups in total. The molecule has 0 bridgehead atoms. The zero-order chi connectivity index (χ0) is 20.6. The van der Waals surface area contributed by atoms with Crippen molar-refractivity contribution in [1.82, 2.24) is 5.43 Å². The second kappa shape index (κ2) is 9.18. The summed E-state index contributed by atoms with van der Waals surface area (Å²) in [5, 5.41) is 15.1. The maximum atomic E-state index is 11.7. The van der Waals surface area contributed by atoms with E-state index in [0.29, 0.717) is 28.6 Å². The van der Waals surface area contributed by atoms with Gasteiger partial charge in [0.1, 0.15) is 23.0 Å². The van der Waals surface area contributed by atoms with Gasteiger partial charge in [0, 0.05) is 0 Å². The molecule has 0 aliphatic carbocycles. The molecule has 9 heteroatoms. The average molecular weight is 395 g/mol. The molecule has 3 aromatic rings. The van der Waals surface area contributed by atoms with E-state index >= 15 is 0 Å². The smallest absolute Gasteiger partial charge is 0.284 e. The highest BCUT2D eigenvalue weighted by Gasteiger charge is 2.19. The zero-order valence-corrected chi connectivity index (χ0v) is 15.4. The van der Waals surface area contributed by atoms with Gasteiger partial charge < -0.3 is 13.9 Å². The number of furan rings is 1. The van der Waals surface area contributed by atoms with Gasteiger partial charge in [0.05, 0.1) is 29.9 Å². The van der Waals surface area contributed by atoms with E-state index in [-0.39, 0.29) is 12.3 Å². The minimum absolute atomic E-state index is 0.145. The second-order valence-corrected chi connectivity index (χ2v) is 5.74. The number of ether oxygens (including phenoxy) is 2. The lowest BCUT2D eigenvalue weighted by Gasteiger charge is -2.04. The van der Waals surface area contributed by atoms with Crippen LogP contribution in [0.25, 0.3) is 11.3 Å². The minimum atomic E-state index is -0.513. The molecule has 0 saturated carbocycles. The van der Waals surface area contributed by atoms with Gasteiger partial charge >= 0.3 is 0 Å². The van der Waals surface area contributed by atoms with Crippen LogP contribution in [0.1, 0.15) is 5.76 Å². The van der Waals surface area contributed by atoms with Crippen molar-refractivity contribution in [2.45, 2.75) is 0 Å². The van der Waals surface area contributed by atoms with Crippen LogP contribution in [0.5, 0.6) is 11.5 Å². The number of nitrogens with zero attached hydrogens (tertiary/aromatic N) is 2. The standard InChI is InChI=1S/C20H17N3O6/c1-27-15-7-9-17(18(11-15)23(25)26)19-10-8-16(29-19)12-21-22-20(24)13-28-14-5-3-2-4-6-14/h2-12H,13H2,1H3,(H,22,24)/b21-12-. The first-order valence-corrected chi connectivity index (χ1v) is 8.49. The molecule has 0 saturated heterocycles. The third kappa shape index (κ3) is 5.19. The number of carbonyl (C=O) groups excluding carboxylic acids is 1. The molecule has 1 heterocycles. The predicted molar refractivity (Wildman–Crippen MR) is 105 cm³/mol. The molecule has 0 radical (unpaired) electrons. The molecule has 0 unspecified atom stereocenters. The molecule has 148 valence electrons. The molecule has 2 aromatic carbocycles. The topological polar surface area (TPSA) is 116 Å². The van der Waals surface area contributed by atoms with Crippen LogP contribution in [0, 0.1) is 10.1 Å². The van der Waals surface area contributed by atoms with Crippen LogP contribution >= 0.6 is 0 Å². The normalized spacial score (nSPS) is 10.7. The van der Waals surface area contributed by atoms with Crippen molar-refractivity contribution in [2.75, 3.05) is 13.7 Å². The van der Waals surface area contributed by atoms with E-state index in [0.717, 1.165) is 0 Å². The Kier molecular flexibility index (Phi) is 6.21. The largest absolute Gasteiger partial charge is 0.497 e. The highest BCUT2D eigenvalue weighted by Crippen LogP contribution is 2.33. The third-order valence-electron chi connectivity index (χ3n) is 3.79. The Morgan fingerprint density at radius 2 is 1.97 bits per heavy atom. The van der Waals surface area contributed by atoms with Crippen LogP contribution in [0.3, 0.4) is 0 Å². The molecule has 1 amide bonds. The van der Waals surface area contributed by atoms with Crippen molar-refractivity contribution in [2.24, 2.45) is 5.10 Å². The number of hydrazone groups is 1. The summed E-state index contributed by atoms with van der Waals surface area (Å²) in [4.78, 5) is 22.5. The summed E-state index contributed by atoms with van der Waals surface area (Å²) in [5.41, 5.74) is 2.47. The Hall–Kier alpha value is -4.14. The molecule has 0 fully saturated rings. The molecule has 1 aromatic heterocycles. The molecule has 9 nitrogen and oxygen atoms in total. The molecule has 0 atom stereocenters. The first-order valence-electron chi connectivity index (χ1n) is 8.49. The summed E-state index contributed by atoms with van der Waals surface area (Å²) >= 11 is 0. The summed E-state index contributed by atoms with van der Waals surface area (Å²) in [6.07, 6.45) is 1.29. The van der Waals surface area contributed by atoms with Crippen LogP contribution in [0.4, 0.5) is 5.69 Å². The lowest BCUT2D eigenvalue weighted by Crippen LogP contribution is -2.24. The Morgan fingerprint density at radius 1 is 1.17 bits per heavy atom. The second-order valence-electron chi connectivity index (χ2n) is 5.74. The summed E-state index contributed by atoms with van der Waals surface area (Å²) in [7, 11) is 1.43. The summed E-state index contributed by atoms with van der Waals surface area (Å²) < 4.78 is 15.9. The quantitative estimate of drug-likeness (QED) is 0.355. The summed E-state index contributed by atoms with van der Waals surface area (Å²) in [5.74, 6) is 1.11. The highest BCUT2D eigenvalue weighted by atomic mass is 16.6. The van der Waals surface area contributed by atoms with E-state index < -0.39 is 10.8 Å². The number of hydrogen-bond donors (Lipinski definition) is 1. The van der Waals surface area contributed by atoms with E-state index in [2.05, 4.69) is 10.5 Å². The van der Waals surface area contributed by atoms with Gasteiger partial charge in [-0.15, -0.1) is 0 Å². The van der Waals surface area contributed by atoms with Gasteiger partial charge in [-0.3, -0.25) is 14.9 Å². The predicted octanol–water partition coefficient (Wildman–Crippen LogP) is 3.39. The van der Waals surface area contributed by atoms with Gasteiger partial charge in [-0.2, -0.15) is 5.10 Å². The Labute approximate surface area is 165 Å². The van der Waals surface area contributed by atoms with Crippen molar-refractivity contribution in [3.05, 3.63) is 76.5 Å². The monoisotopic (exact) mass is 395 g/mol. The first-order chi connectivity index (χ1) is 14.1. The van der Waals surface area contributed by atoms with Gasteiger partial charge in [0.15, 0.2) is 6.61 Å².